The number of hydrogen-bond donors (Lipinski definition) is 2. The van der Waals surface area contributed by atoms with E-state index in [1.807, 2.05) is 0 Å². The van der Waals surface area contributed by atoms with Crippen LogP contribution in [-0.4, -0.2) is 16.4 Å². The molecule has 0 spiro atoms. The predicted octanol–water partition coefficient (Wildman–Crippen LogP) is 1.94. The highest BCUT2D eigenvalue weighted by Gasteiger charge is 2.34. The fraction of sp³-hybridized carbons (Fsp3) is 0.455. The fourth-order valence-corrected chi connectivity index (χ4v) is 1.89. The monoisotopic (exact) mass is 239 g/mol. The average Bonchev–Trinajstić information content (AvgIpc) is 2.19. The van der Waals surface area contributed by atoms with E-state index in [2.05, 4.69) is 10.3 Å². The largest absolute Gasteiger partial charge is 0.325 e. The fourth-order valence-electron chi connectivity index (χ4n) is 1.78. The van der Waals surface area contributed by atoms with Gasteiger partial charge in [-0.15, -0.1) is 0 Å². The highest BCUT2D eigenvalue weighted by molar-refractivity contribution is 6.29. The topological polar surface area (TPSA) is 68.0 Å². The van der Waals surface area contributed by atoms with Gasteiger partial charge in [0.05, 0.1) is 11.9 Å². The second kappa shape index (κ2) is 4.39. The van der Waals surface area contributed by atoms with Crippen LogP contribution in [0.15, 0.2) is 18.3 Å². The van der Waals surface area contributed by atoms with Gasteiger partial charge in [-0.2, -0.15) is 0 Å². The number of halogens is 1. The summed E-state index contributed by atoms with van der Waals surface area (Å²) in [6.07, 6.45) is 4.88. The van der Waals surface area contributed by atoms with E-state index >= 15 is 0 Å². The van der Waals surface area contributed by atoms with Crippen molar-refractivity contribution >= 4 is 23.2 Å². The van der Waals surface area contributed by atoms with Crippen molar-refractivity contribution in [3.63, 3.8) is 0 Å². The van der Waals surface area contributed by atoms with Gasteiger partial charge in [0.25, 0.3) is 0 Å². The molecule has 2 rings (SSSR count). The van der Waals surface area contributed by atoms with Crippen LogP contribution in [0.25, 0.3) is 0 Å². The van der Waals surface area contributed by atoms with E-state index in [0.29, 0.717) is 17.3 Å². The molecule has 1 aliphatic rings. The summed E-state index contributed by atoms with van der Waals surface area (Å²) in [5, 5.41) is 3.16. The maximum atomic E-state index is 11.7. The lowest BCUT2D eigenvalue weighted by Crippen LogP contribution is -2.48. The Balaban J connectivity index is 1.89. The summed E-state index contributed by atoms with van der Waals surface area (Å²) in [5.74, 6) is -0.0636. The molecule has 0 aromatic carbocycles. The highest BCUT2D eigenvalue weighted by Crippen LogP contribution is 2.32. The Morgan fingerprint density at radius 1 is 1.56 bits per heavy atom. The second-order valence-corrected chi connectivity index (χ2v) is 4.70. The molecule has 1 aromatic heterocycles. The molecule has 1 aliphatic carbocycles. The van der Waals surface area contributed by atoms with Gasteiger partial charge in [-0.25, -0.2) is 4.98 Å². The first-order valence-corrected chi connectivity index (χ1v) is 5.66. The molecule has 0 saturated heterocycles. The number of nitrogens with one attached hydrogen (secondary N) is 1. The molecule has 0 aliphatic heterocycles. The number of carbonyl (C=O) groups is 1. The van der Waals surface area contributed by atoms with Gasteiger partial charge in [0.15, 0.2) is 0 Å². The summed E-state index contributed by atoms with van der Waals surface area (Å²) < 4.78 is 0. The number of nitrogens with zero attached hydrogens (tertiary/aromatic N) is 1. The number of rotatable bonds is 3. The molecule has 1 aromatic rings. The van der Waals surface area contributed by atoms with E-state index in [1.165, 1.54) is 6.20 Å². The van der Waals surface area contributed by atoms with Crippen molar-refractivity contribution in [2.45, 2.75) is 31.2 Å². The van der Waals surface area contributed by atoms with Gasteiger partial charge in [-0.3, -0.25) is 4.79 Å². The van der Waals surface area contributed by atoms with Crippen LogP contribution < -0.4 is 11.1 Å². The molecule has 4 nitrogen and oxygen atoms in total. The Hall–Kier alpha value is -1.13. The number of nitrogens with two attached hydrogens (primary N) is 1. The van der Waals surface area contributed by atoms with Crippen LogP contribution in [0.3, 0.4) is 0 Å². The molecular weight excluding hydrogens is 226 g/mol. The smallest absolute Gasteiger partial charge is 0.226 e. The van der Waals surface area contributed by atoms with Crippen molar-refractivity contribution in [2.75, 3.05) is 5.32 Å². The molecule has 1 fully saturated rings. The van der Waals surface area contributed by atoms with Crippen molar-refractivity contribution in [1.29, 1.82) is 0 Å². The van der Waals surface area contributed by atoms with Crippen LogP contribution in [0.1, 0.15) is 25.7 Å². The first-order chi connectivity index (χ1) is 7.57. The number of aromatic nitrogens is 1. The number of pyridine rings is 1. The number of hydrogen-bond acceptors (Lipinski definition) is 3. The zero-order valence-electron chi connectivity index (χ0n) is 8.87. The van der Waals surface area contributed by atoms with Crippen molar-refractivity contribution in [1.82, 2.24) is 4.98 Å². The van der Waals surface area contributed by atoms with Crippen LogP contribution in [0, 0.1) is 0 Å². The molecule has 0 unspecified atom stereocenters. The van der Waals surface area contributed by atoms with Gasteiger partial charge in [0, 0.05) is 12.0 Å². The summed E-state index contributed by atoms with van der Waals surface area (Å²) in [4.78, 5) is 15.5. The Bertz CT molecular complexity index is 387. The Labute approximate surface area is 99.2 Å². The first-order valence-electron chi connectivity index (χ1n) is 5.28. The van der Waals surface area contributed by atoms with Crippen molar-refractivity contribution < 1.29 is 4.79 Å². The summed E-state index contributed by atoms with van der Waals surface area (Å²) >= 11 is 5.64. The number of carbonyl (C=O) groups excluding carboxylic acids is 1. The SMILES string of the molecule is NC1(CC(=O)Nc2ccc(Cl)nc2)CCC1. The van der Waals surface area contributed by atoms with E-state index in [4.69, 9.17) is 17.3 Å². The van der Waals surface area contributed by atoms with E-state index < -0.39 is 0 Å². The van der Waals surface area contributed by atoms with E-state index in [0.717, 1.165) is 19.3 Å². The molecular formula is C11H14ClN3O. The molecule has 0 radical (unpaired) electrons. The molecule has 86 valence electrons. The van der Waals surface area contributed by atoms with Crippen LogP contribution in [0.4, 0.5) is 5.69 Å². The minimum atomic E-state index is -0.288. The van der Waals surface area contributed by atoms with Crippen molar-refractivity contribution in [3.05, 3.63) is 23.5 Å². The third kappa shape index (κ3) is 2.71. The van der Waals surface area contributed by atoms with Crippen LogP contribution >= 0.6 is 11.6 Å². The van der Waals surface area contributed by atoms with E-state index in [1.54, 1.807) is 12.1 Å². The number of anilines is 1. The molecule has 16 heavy (non-hydrogen) atoms. The van der Waals surface area contributed by atoms with Crippen LogP contribution in [0.2, 0.25) is 5.15 Å². The van der Waals surface area contributed by atoms with Crippen LogP contribution in [-0.2, 0) is 4.79 Å². The lowest BCUT2D eigenvalue weighted by Gasteiger charge is -2.37. The first kappa shape index (κ1) is 11.4. The Kier molecular flexibility index (Phi) is 3.12. The number of amides is 1. The molecule has 3 N–H and O–H groups in total. The third-order valence-corrected chi connectivity index (χ3v) is 3.10. The minimum absolute atomic E-state index is 0.0636. The van der Waals surface area contributed by atoms with Crippen molar-refractivity contribution in [2.24, 2.45) is 5.73 Å². The standard InChI is InChI=1S/C11H14ClN3O/c12-9-3-2-8(7-14-9)15-10(16)6-11(13)4-1-5-11/h2-3,7H,1,4-6,13H2,(H,15,16). The van der Waals surface area contributed by atoms with Gasteiger partial charge in [0.1, 0.15) is 5.15 Å². The average molecular weight is 240 g/mol. The Morgan fingerprint density at radius 3 is 2.81 bits per heavy atom. The van der Waals surface area contributed by atoms with Gasteiger partial charge in [0.2, 0.25) is 5.91 Å². The van der Waals surface area contributed by atoms with Crippen molar-refractivity contribution in [3.8, 4) is 0 Å². The highest BCUT2D eigenvalue weighted by atomic mass is 35.5. The molecule has 1 amide bonds. The van der Waals surface area contributed by atoms with E-state index in [9.17, 15) is 4.79 Å². The van der Waals surface area contributed by atoms with Gasteiger partial charge < -0.3 is 11.1 Å². The summed E-state index contributed by atoms with van der Waals surface area (Å²) in [7, 11) is 0. The molecule has 1 heterocycles. The summed E-state index contributed by atoms with van der Waals surface area (Å²) in [6, 6.07) is 3.36. The molecule has 0 bridgehead atoms. The maximum absolute atomic E-state index is 11.7. The lowest BCUT2D eigenvalue weighted by molar-refractivity contribution is -0.118. The molecule has 5 heteroatoms. The zero-order chi connectivity index (χ0) is 11.6. The quantitative estimate of drug-likeness (QED) is 0.793. The summed E-state index contributed by atoms with van der Waals surface area (Å²) in [6.45, 7) is 0. The second-order valence-electron chi connectivity index (χ2n) is 4.31. The zero-order valence-corrected chi connectivity index (χ0v) is 9.63. The Morgan fingerprint density at radius 2 is 2.31 bits per heavy atom. The predicted molar refractivity (Wildman–Crippen MR) is 63.3 cm³/mol. The van der Waals surface area contributed by atoms with Gasteiger partial charge in [-0.05, 0) is 31.4 Å². The normalized spacial score (nSPS) is 17.6. The van der Waals surface area contributed by atoms with E-state index in [-0.39, 0.29) is 11.4 Å². The maximum Gasteiger partial charge on any atom is 0.226 e. The lowest BCUT2D eigenvalue weighted by atomic mass is 9.75. The molecule has 1 saturated carbocycles. The van der Waals surface area contributed by atoms with Crippen LogP contribution in [0.5, 0.6) is 0 Å². The van der Waals surface area contributed by atoms with Gasteiger partial charge >= 0.3 is 0 Å². The summed E-state index contributed by atoms with van der Waals surface area (Å²) in [5.41, 5.74) is 6.35. The minimum Gasteiger partial charge on any atom is -0.325 e. The van der Waals surface area contributed by atoms with Gasteiger partial charge in [-0.1, -0.05) is 11.6 Å². The third-order valence-electron chi connectivity index (χ3n) is 2.87. The molecule has 0 atom stereocenters.